The van der Waals surface area contributed by atoms with E-state index in [0.29, 0.717) is 10.6 Å². The molecule has 0 aromatic heterocycles. The van der Waals surface area contributed by atoms with Crippen LogP contribution in [-0.2, 0) is 11.3 Å². The standard InChI is InChI=1S/C11H14ClFN2O/c1-14-6-11(16)15(2)7-8-9(12)4-3-5-10(8)13/h3-5,14H,6-7H2,1-2H3. The zero-order chi connectivity index (χ0) is 12.1. The van der Waals surface area contributed by atoms with Crippen LogP contribution in [0.15, 0.2) is 18.2 Å². The van der Waals surface area contributed by atoms with E-state index in [9.17, 15) is 9.18 Å². The predicted octanol–water partition coefficient (Wildman–Crippen LogP) is 1.66. The first-order valence-corrected chi connectivity index (χ1v) is 5.25. The van der Waals surface area contributed by atoms with E-state index in [4.69, 9.17) is 11.6 Å². The molecule has 0 spiro atoms. The van der Waals surface area contributed by atoms with Gasteiger partial charge in [0.2, 0.25) is 5.91 Å². The van der Waals surface area contributed by atoms with Crippen molar-refractivity contribution in [3.63, 3.8) is 0 Å². The molecule has 0 aliphatic carbocycles. The molecule has 0 atom stereocenters. The average molecular weight is 245 g/mol. The van der Waals surface area contributed by atoms with E-state index < -0.39 is 5.82 Å². The predicted molar refractivity (Wildman–Crippen MR) is 61.8 cm³/mol. The van der Waals surface area contributed by atoms with Crippen molar-refractivity contribution in [3.05, 3.63) is 34.6 Å². The fraction of sp³-hybridized carbons (Fsp3) is 0.364. The number of carbonyl (C=O) groups is 1. The summed E-state index contributed by atoms with van der Waals surface area (Å²) in [7, 11) is 3.30. The van der Waals surface area contributed by atoms with E-state index in [1.54, 1.807) is 20.2 Å². The van der Waals surface area contributed by atoms with E-state index >= 15 is 0 Å². The van der Waals surface area contributed by atoms with Crippen LogP contribution in [0.25, 0.3) is 0 Å². The Morgan fingerprint density at radius 2 is 2.25 bits per heavy atom. The molecule has 0 aliphatic rings. The van der Waals surface area contributed by atoms with E-state index in [1.807, 2.05) is 0 Å². The van der Waals surface area contributed by atoms with Gasteiger partial charge in [0.1, 0.15) is 5.82 Å². The van der Waals surface area contributed by atoms with E-state index in [-0.39, 0.29) is 19.0 Å². The molecular weight excluding hydrogens is 231 g/mol. The molecule has 0 fully saturated rings. The fourth-order valence-electron chi connectivity index (χ4n) is 1.29. The normalized spacial score (nSPS) is 10.2. The highest BCUT2D eigenvalue weighted by atomic mass is 35.5. The number of hydrogen-bond acceptors (Lipinski definition) is 2. The first-order valence-electron chi connectivity index (χ1n) is 4.87. The third-order valence-corrected chi connectivity index (χ3v) is 2.56. The summed E-state index contributed by atoms with van der Waals surface area (Å²) < 4.78 is 13.4. The minimum Gasteiger partial charge on any atom is -0.340 e. The lowest BCUT2D eigenvalue weighted by Gasteiger charge is -2.18. The number of nitrogens with one attached hydrogen (secondary N) is 1. The molecule has 1 N–H and O–H groups in total. The highest BCUT2D eigenvalue weighted by Crippen LogP contribution is 2.20. The van der Waals surface area contributed by atoms with Gasteiger partial charge in [-0.15, -0.1) is 0 Å². The quantitative estimate of drug-likeness (QED) is 0.874. The molecule has 88 valence electrons. The minimum atomic E-state index is -0.392. The molecule has 0 saturated carbocycles. The summed E-state index contributed by atoms with van der Waals surface area (Å²) in [6.45, 7) is 0.397. The van der Waals surface area contributed by atoms with Gasteiger partial charge in [0.05, 0.1) is 6.54 Å². The number of hydrogen-bond donors (Lipinski definition) is 1. The molecule has 16 heavy (non-hydrogen) atoms. The molecule has 1 aromatic rings. The third kappa shape index (κ3) is 3.18. The van der Waals surface area contributed by atoms with Crippen molar-refractivity contribution >= 4 is 17.5 Å². The van der Waals surface area contributed by atoms with Gasteiger partial charge < -0.3 is 10.2 Å². The molecule has 0 bridgehead atoms. The monoisotopic (exact) mass is 244 g/mol. The maximum absolute atomic E-state index is 13.4. The summed E-state index contributed by atoms with van der Waals surface area (Å²) in [5.41, 5.74) is 0.344. The second-order valence-corrected chi connectivity index (χ2v) is 3.89. The maximum Gasteiger partial charge on any atom is 0.236 e. The van der Waals surface area contributed by atoms with Gasteiger partial charge in [-0.05, 0) is 19.2 Å². The van der Waals surface area contributed by atoms with Crippen LogP contribution in [0.1, 0.15) is 5.56 Å². The summed E-state index contributed by atoms with van der Waals surface area (Å²) in [6.07, 6.45) is 0. The topological polar surface area (TPSA) is 32.3 Å². The molecule has 0 aliphatic heterocycles. The van der Waals surface area contributed by atoms with Crippen LogP contribution < -0.4 is 5.32 Å². The highest BCUT2D eigenvalue weighted by molar-refractivity contribution is 6.31. The zero-order valence-electron chi connectivity index (χ0n) is 9.26. The van der Waals surface area contributed by atoms with Crippen molar-refractivity contribution < 1.29 is 9.18 Å². The second-order valence-electron chi connectivity index (χ2n) is 3.48. The zero-order valence-corrected chi connectivity index (χ0v) is 10.0. The molecule has 1 amide bonds. The van der Waals surface area contributed by atoms with Crippen molar-refractivity contribution in [1.29, 1.82) is 0 Å². The number of benzene rings is 1. The Balaban J connectivity index is 2.76. The van der Waals surface area contributed by atoms with Crippen molar-refractivity contribution in [2.45, 2.75) is 6.54 Å². The lowest BCUT2D eigenvalue weighted by molar-refractivity contribution is -0.129. The molecular formula is C11H14ClFN2O. The van der Waals surface area contributed by atoms with E-state index in [0.717, 1.165) is 0 Å². The SMILES string of the molecule is CNCC(=O)N(C)Cc1c(F)cccc1Cl. The van der Waals surface area contributed by atoms with Crippen molar-refractivity contribution in [2.75, 3.05) is 20.6 Å². The van der Waals surface area contributed by atoms with Crippen LogP contribution in [0.2, 0.25) is 5.02 Å². The fourth-order valence-corrected chi connectivity index (χ4v) is 1.52. The van der Waals surface area contributed by atoms with E-state index in [2.05, 4.69) is 5.32 Å². The maximum atomic E-state index is 13.4. The van der Waals surface area contributed by atoms with Crippen LogP contribution in [0.4, 0.5) is 4.39 Å². The van der Waals surface area contributed by atoms with Crippen LogP contribution in [0.5, 0.6) is 0 Å². The Kier molecular flexibility index (Phi) is 4.71. The largest absolute Gasteiger partial charge is 0.340 e. The van der Waals surface area contributed by atoms with Crippen molar-refractivity contribution in [3.8, 4) is 0 Å². The van der Waals surface area contributed by atoms with Gasteiger partial charge in [-0.2, -0.15) is 0 Å². The second kappa shape index (κ2) is 5.82. The van der Waals surface area contributed by atoms with Crippen LogP contribution >= 0.6 is 11.6 Å². The first-order chi connectivity index (χ1) is 7.56. The van der Waals surface area contributed by atoms with Crippen molar-refractivity contribution in [2.24, 2.45) is 0 Å². The number of halogens is 2. The third-order valence-electron chi connectivity index (χ3n) is 2.21. The Bertz CT molecular complexity index is 364. The van der Waals surface area contributed by atoms with Crippen molar-refractivity contribution in [1.82, 2.24) is 10.2 Å². The minimum absolute atomic E-state index is 0.109. The summed E-state index contributed by atoms with van der Waals surface area (Å²) >= 11 is 5.86. The van der Waals surface area contributed by atoms with Crippen LogP contribution in [0, 0.1) is 5.82 Å². The van der Waals surface area contributed by atoms with Gasteiger partial charge in [0.25, 0.3) is 0 Å². The Labute approximate surface area is 99.2 Å². The van der Waals surface area contributed by atoms with E-state index in [1.165, 1.54) is 17.0 Å². The van der Waals surface area contributed by atoms with Gasteiger partial charge in [0.15, 0.2) is 0 Å². The molecule has 0 unspecified atom stereocenters. The number of likely N-dealkylation sites (N-methyl/N-ethyl adjacent to an activating group) is 2. The molecule has 1 aromatic carbocycles. The number of nitrogens with zero attached hydrogens (tertiary/aromatic N) is 1. The number of rotatable bonds is 4. The molecule has 0 saturated heterocycles. The molecule has 3 nitrogen and oxygen atoms in total. The lowest BCUT2D eigenvalue weighted by atomic mass is 10.2. The number of amides is 1. The Morgan fingerprint density at radius 3 is 2.81 bits per heavy atom. The van der Waals surface area contributed by atoms with Gasteiger partial charge in [0, 0.05) is 24.2 Å². The molecule has 0 radical (unpaired) electrons. The summed E-state index contributed by atoms with van der Waals surface area (Å²) in [6, 6.07) is 4.48. The van der Waals surface area contributed by atoms with Crippen LogP contribution in [0.3, 0.4) is 0 Å². The van der Waals surface area contributed by atoms with Gasteiger partial charge in [-0.3, -0.25) is 4.79 Å². The average Bonchev–Trinajstić information content (AvgIpc) is 2.23. The molecule has 5 heteroatoms. The number of carbonyl (C=O) groups excluding carboxylic acids is 1. The van der Waals surface area contributed by atoms with Gasteiger partial charge >= 0.3 is 0 Å². The summed E-state index contributed by atoms with van der Waals surface area (Å²) in [5.74, 6) is -0.501. The molecule has 0 heterocycles. The summed E-state index contributed by atoms with van der Waals surface area (Å²) in [4.78, 5) is 12.9. The summed E-state index contributed by atoms with van der Waals surface area (Å²) in [5, 5.41) is 3.08. The van der Waals surface area contributed by atoms with Gasteiger partial charge in [-0.25, -0.2) is 4.39 Å². The smallest absolute Gasteiger partial charge is 0.236 e. The Morgan fingerprint density at radius 1 is 1.56 bits per heavy atom. The molecule has 1 rings (SSSR count). The first kappa shape index (κ1) is 12.9. The van der Waals surface area contributed by atoms with Gasteiger partial charge in [-0.1, -0.05) is 17.7 Å². The Hall–Kier alpha value is -1.13. The highest BCUT2D eigenvalue weighted by Gasteiger charge is 2.13. The lowest BCUT2D eigenvalue weighted by Crippen LogP contribution is -2.34. The van der Waals surface area contributed by atoms with Crippen LogP contribution in [-0.4, -0.2) is 31.4 Å².